The summed E-state index contributed by atoms with van der Waals surface area (Å²) in [4.78, 5) is -0.234. The molecule has 0 radical (unpaired) electrons. The summed E-state index contributed by atoms with van der Waals surface area (Å²) in [6, 6.07) is 10.7. The van der Waals surface area contributed by atoms with E-state index in [9.17, 15) is 13.5 Å². The zero-order valence-electron chi connectivity index (χ0n) is 17.8. The average Bonchev–Trinajstić information content (AvgIpc) is 2.70. The van der Waals surface area contributed by atoms with Crippen LogP contribution in [0, 0.1) is 0 Å². The quantitative estimate of drug-likeness (QED) is 0.250. The summed E-state index contributed by atoms with van der Waals surface area (Å²) < 4.78 is 37.2. The Labute approximate surface area is 180 Å². The highest BCUT2D eigenvalue weighted by Gasteiger charge is 2.11. The highest BCUT2D eigenvalue weighted by Crippen LogP contribution is 2.29. The van der Waals surface area contributed by atoms with Crippen molar-refractivity contribution in [3.05, 3.63) is 48.0 Å². The normalized spacial score (nSPS) is 11.5. The van der Waals surface area contributed by atoms with Gasteiger partial charge in [-0.3, -0.25) is 4.55 Å². The van der Waals surface area contributed by atoms with Crippen LogP contribution in [0.25, 0.3) is 0 Å². The summed E-state index contributed by atoms with van der Waals surface area (Å²) in [6.45, 7) is 2.24. The Kier molecular flexibility index (Phi) is 10.2. The molecule has 6 heteroatoms. The molecule has 0 spiro atoms. The van der Waals surface area contributed by atoms with Gasteiger partial charge in [0.15, 0.2) is 0 Å². The number of unbranched alkanes of at least 4 members (excludes halogenated alkanes) is 9. The summed E-state index contributed by atoms with van der Waals surface area (Å²) >= 11 is 0. The maximum atomic E-state index is 11.2. The fourth-order valence-corrected chi connectivity index (χ4v) is 3.97. The van der Waals surface area contributed by atoms with Crippen molar-refractivity contribution >= 4 is 10.1 Å². The number of ether oxygens (including phenoxy) is 1. The monoisotopic (exact) mass is 434 g/mol. The molecule has 2 N–H and O–H groups in total. The minimum atomic E-state index is -4.29. The van der Waals surface area contributed by atoms with E-state index >= 15 is 0 Å². The van der Waals surface area contributed by atoms with E-state index < -0.39 is 10.1 Å². The van der Waals surface area contributed by atoms with E-state index in [0.717, 1.165) is 24.8 Å². The molecular weight excluding hydrogens is 400 g/mol. The zero-order valence-corrected chi connectivity index (χ0v) is 18.7. The molecule has 2 rings (SSSR count). The van der Waals surface area contributed by atoms with Crippen molar-refractivity contribution in [1.82, 2.24) is 0 Å². The number of hydrogen-bond donors (Lipinski definition) is 2. The third-order valence-electron chi connectivity index (χ3n) is 5.20. The molecule has 0 bridgehead atoms. The first-order valence-electron chi connectivity index (χ1n) is 11.0. The van der Waals surface area contributed by atoms with Crippen molar-refractivity contribution in [3.63, 3.8) is 0 Å². The van der Waals surface area contributed by atoms with Crippen molar-refractivity contribution in [3.8, 4) is 17.2 Å². The maximum absolute atomic E-state index is 11.2. The van der Waals surface area contributed by atoms with Gasteiger partial charge in [0.2, 0.25) is 0 Å². The summed E-state index contributed by atoms with van der Waals surface area (Å²) in [5.74, 6) is 0.855. The van der Waals surface area contributed by atoms with Crippen LogP contribution in [0.15, 0.2) is 47.4 Å². The van der Waals surface area contributed by atoms with Crippen molar-refractivity contribution in [1.29, 1.82) is 0 Å². The van der Waals surface area contributed by atoms with Crippen molar-refractivity contribution < 1.29 is 22.8 Å². The Morgan fingerprint density at radius 2 is 1.40 bits per heavy atom. The smallest absolute Gasteiger partial charge is 0.294 e. The van der Waals surface area contributed by atoms with Crippen LogP contribution >= 0.6 is 0 Å². The predicted molar refractivity (Wildman–Crippen MR) is 120 cm³/mol. The van der Waals surface area contributed by atoms with E-state index in [1.807, 2.05) is 6.07 Å². The number of phenolic OH excluding ortho intramolecular Hbond substituents is 1. The van der Waals surface area contributed by atoms with Crippen LogP contribution < -0.4 is 4.74 Å². The molecule has 0 heterocycles. The van der Waals surface area contributed by atoms with Gasteiger partial charge >= 0.3 is 0 Å². The molecule has 0 aromatic heterocycles. The molecule has 2 aromatic rings. The van der Waals surface area contributed by atoms with E-state index in [2.05, 4.69) is 6.92 Å². The number of rotatable bonds is 14. The SMILES string of the molecule is CCCCCCCCCCCCc1ccc(Oc2cccc(S(=O)(=O)O)c2)cc1O. The number of hydrogen-bond acceptors (Lipinski definition) is 4. The second kappa shape index (κ2) is 12.6. The minimum absolute atomic E-state index is 0.175. The molecule has 0 amide bonds. The second-order valence-corrected chi connectivity index (χ2v) is 9.20. The number of aryl methyl sites for hydroxylation is 1. The van der Waals surface area contributed by atoms with Gasteiger partial charge < -0.3 is 9.84 Å². The van der Waals surface area contributed by atoms with Gasteiger partial charge in [-0.2, -0.15) is 8.42 Å². The summed E-state index contributed by atoms with van der Waals surface area (Å²) in [6.07, 6.45) is 13.6. The van der Waals surface area contributed by atoms with Gasteiger partial charge in [0.05, 0.1) is 4.90 Å². The molecule has 166 valence electrons. The molecule has 0 aliphatic rings. The van der Waals surface area contributed by atoms with E-state index in [0.29, 0.717) is 5.75 Å². The van der Waals surface area contributed by atoms with Crippen molar-refractivity contribution in [2.24, 2.45) is 0 Å². The third kappa shape index (κ3) is 8.76. The third-order valence-corrected chi connectivity index (χ3v) is 6.05. The van der Waals surface area contributed by atoms with Crippen LogP contribution in [0.4, 0.5) is 0 Å². The summed E-state index contributed by atoms with van der Waals surface area (Å²) in [5, 5.41) is 10.3. The van der Waals surface area contributed by atoms with Crippen LogP contribution in [-0.4, -0.2) is 18.1 Å². The Hall–Kier alpha value is -2.05. The zero-order chi connectivity index (χ0) is 21.8. The maximum Gasteiger partial charge on any atom is 0.294 e. The molecular formula is C24H34O5S. The lowest BCUT2D eigenvalue weighted by atomic mass is 10.0. The highest BCUT2D eigenvalue weighted by molar-refractivity contribution is 7.85. The van der Waals surface area contributed by atoms with Gasteiger partial charge in [0.1, 0.15) is 17.2 Å². The largest absolute Gasteiger partial charge is 0.508 e. The first-order valence-corrected chi connectivity index (χ1v) is 12.4. The van der Waals surface area contributed by atoms with E-state index in [4.69, 9.17) is 9.29 Å². The van der Waals surface area contributed by atoms with Gasteiger partial charge in [0.25, 0.3) is 10.1 Å². The minimum Gasteiger partial charge on any atom is -0.508 e. The van der Waals surface area contributed by atoms with Crippen molar-refractivity contribution in [2.45, 2.75) is 82.4 Å². The fourth-order valence-electron chi connectivity index (χ4n) is 3.46. The average molecular weight is 435 g/mol. The molecule has 30 heavy (non-hydrogen) atoms. The molecule has 0 unspecified atom stereocenters. The molecule has 0 fully saturated rings. The molecule has 0 aliphatic carbocycles. The van der Waals surface area contributed by atoms with Crippen LogP contribution in [0.1, 0.15) is 76.7 Å². The first-order chi connectivity index (χ1) is 14.4. The van der Waals surface area contributed by atoms with Crippen LogP contribution in [-0.2, 0) is 16.5 Å². The van der Waals surface area contributed by atoms with Gasteiger partial charge in [-0.15, -0.1) is 0 Å². The molecule has 0 atom stereocenters. The number of aromatic hydroxyl groups is 1. The second-order valence-electron chi connectivity index (χ2n) is 7.77. The van der Waals surface area contributed by atoms with Gasteiger partial charge in [-0.1, -0.05) is 76.8 Å². The Morgan fingerprint density at radius 1 is 0.800 bits per heavy atom. The summed E-state index contributed by atoms with van der Waals surface area (Å²) in [7, 11) is -4.29. The Morgan fingerprint density at radius 3 is 2.00 bits per heavy atom. The highest BCUT2D eigenvalue weighted by atomic mass is 32.2. The predicted octanol–water partition coefficient (Wildman–Crippen LogP) is 6.89. The van der Waals surface area contributed by atoms with E-state index in [1.54, 1.807) is 12.1 Å². The number of phenols is 1. The van der Waals surface area contributed by atoms with Gasteiger partial charge in [0, 0.05) is 12.1 Å². The Bertz CT molecular complexity index is 877. The van der Waals surface area contributed by atoms with Crippen LogP contribution in [0.5, 0.6) is 17.2 Å². The molecule has 0 aliphatic heterocycles. The topological polar surface area (TPSA) is 83.8 Å². The molecule has 0 saturated carbocycles. The molecule has 5 nitrogen and oxygen atoms in total. The van der Waals surface area contributed by atoms with Gasteiger partial charge in [-0.05, 0) is 36.6 Å². The van der Waals surface area contributed by atoms with E-state index in [-0.39, 0.29) is 16.4 Å². The van der Waals surface area contributed by atoms with Crippen LogP contribution in [0.3, 0.4) is 0 Å². The van der Waals surface area contributed by atoms with Gasteiger partial charge in [-0.25, -0.2) is 0 Å². The van der Waals surface area contributed by atoms with Crippen molar-refractivity contribution in [2.75, 3.05) is 0 Å². The lowest BCUT2D eigenvalue weighted by Crippen LogP contribution is -1.98. The summed E-state index contributed by atoms with van der Waals surface area (Å²) in [5.41, 5.74) is 0.883. The molecule has 0 saturated heterocycles. The molecule has 2 aromatic carbocycles. The number of benzene rings is 2. The van der Waals surface area contributed by atoms with E-state index in [1.165, 1.54) is 75.6 Å². The van der Waals surface area contributed by atoms with Crippen LogP contribution in [0.2, 0.25) is 0 Å². The lowest BCUT2D eigenvalue weighted by Gasteiger charge is -2.10. The lowest BCUT2D eigenvalue weighted by molar-refractivity contribution is 0.447. The Balaban J connectivity index is 1.74. The fraction of sp³-hybridized carbons (Fsp3) is 0.500. The standard InChI is InChI=1S/C24H34O5S/c1-2-3-4-5-6-7-8-9-10-11-13-20-16-17-22(19-24(20)25)29-21-14-12-15-23(18-21)30(26,27)28/h12,14-19,25H,2-11,13H2,1H3,(H,26,27,28). The first kappa shape index (κ1) is 24.2.